The summed E-state index contributed by atoms with van der Waals surface area (Å²) in [6, 6.07) is 11.1. The van der Waals surface area contributed by atoms with E-state index in [1.54, 1.807) is 12.3 Å². The molecule has 1 aliphatic rings. The largest absolute Gasteiger partial charge is 0.367 e. The Hall–Kier alpha value is -2.97. The maximum Gasteiger partial charge on any atom is 0.276 e. The highest BCUT2D eigenvalue weighted by molar-refractivity contribution is 7.14. The molecule has 0 spiro atoms. The Labute approximate surface area is 196 Å². The fraction of sp³-hybridized carbons (Fsp3) is 0.304. The van der Waals surface area contributed by atoms with Gasteiger partial charge in [0.1, 0.15) is 5.69 Å². The third kappa shape index (κ3) is 5.08. The Balaban J connectivity index is 1.35. The maximum atomic E-state index is 12.6. The fourth-order valence-corrected chi connectivity index (χ4v) is 4.52. The lowest BCUT2D eigenvalue weighted by Crippen LogP contribution is -2.48. The number of amides is 2. The summed E-state index contributed by atoms with van der Waals surface area (Å²) in [4.78, 5) is 37.6. The zero-order chi connectivity index (χ0) is 22.5. The van der Waals surface area contributed by atoms with Crippen molar-refractivity contribution in [2.45, 2.75) is 19.8 Å². The number of anilines is 2. The Morgan fingerprint density at radius 2 is 1.91 bits per heavy atom. The molecular formula is C23H24ClN5O2S. The predicted octanol–water partition coefficient (Wildman–Crippen LogP) is 4.56. The second-order valence-electron chi connectivity index (χ2n) is 7.49. The van der Waals surface area contributed by atoms with Gasteiger partial charge in [0.15, 0.2) is 5.13 Å². The van der Waals surface area contributed by atoms with Gasteiger partial charge in [-0.05, 0) is 24.6 Å². The molecule has 3 aromatic rings. The Bertz CT molecular complexity index is 1090. The molecule has 32 heavy (non-hydrogen) atoms. The molecular weight excluding hydrogens is 446 g/mol. The van der Waals surface area contributed by atoms with Gasteiger partial charge in [-0.2, -0.15) is 0 Å². The molecule has 0 unspecified atom stereocenters. The Kier molecular flexibility index (Phi) is 7.02. The summed E-state index contributed by atoms with van der Waals surface area (Å²) in [6.45, 7) is 4.95. The molecule has 0 radical (unpaired) electrons. The van der Waals surface area contributed by atoms with E-state index in [2.05, 4.69) is 20.2 Å². The van der Waals surface area contributed by atoms with Crippen LogP contribution in [0.2, 0.25) is 5.02 Å². The average molecular weight is 470 g/mol. The van der Waals surface area contributed by atoms with Gasteiger partial charge in [-0.15, -0.1) is 11.3 Å². The van der Waals surface area contributed by atoms with Gasteiger partial charge >= 0.3 is 0 Å². The quantitative estimate of drug-likeness (QED) is 0.572. The lowest BCUT2D eigenvalue weighted by molar-refractivity contribution is -0.131. The standard InChI is InChI=1S/C23H24ClN5O2S/c1-2-5-21(30)29-12-10-28(11-13-29)16-8-9-19(25-14-16)22(31)27-23-26-20(15-32-23)17-6-3-4-7-18(17)24/h3-4,6-9,14-15H,2,5,10-13H2,1H3,(H,26,27,31). The number of carbonyl (C=O) groups excluding carboxylic acids is 2. The molecule has 2 amide bonds. The van der Waals surface area contributed by atoms with E-state index in [9.17, 15) is 9.59 Å². The molecule has 4 rings (SSSR count). The zero-order valence-electron chi connectivity index (χ0n) is 17.8. The van der Waals surface area contributed by atoms with Gasteiger partial charge in [0.05, 0.1) is 17.6 Å². The first kappa shape index (κ1) is 22.2. The number of nitrogens with zero attached hydrogens (tertiary/aromatic N) is 4. The van der Waals surface area contributed by atoms with Gasteiger partial charge in [-0.25, -0.2) is 9.97 Å². The van der Waals surface area contributed by atoms with E-state index in [1.807, 2.05) is 47.5 Å². The lowest BCUT2D eigenvalue weighted by Gasteiger charge is -2.36. The summed E-state index contributed by atoms with van der Waals surface area (Å²) in [5.74, 6) is -0.0937. The summed E-state index contributed by atoms with van der Waals surface area (Å²) in [7, 11) is 0. The fourth-order valence-electron chi connectivity index (χ4n) is 3.58. The summed E-state index contributed by atoms with van der Waals surface area (Å²) in [6.07, 6.45) is 3.18. The highest BCUT2D eigenvalue weighted by Gasteiger charge is 2.21. The van der Waals surface area contributed by atoms with Gasteiger partial charge in [-0.3, -0.25) is 14.9 Å². The molecule has 1 aliphatic heterocycles. The van der Waals surface area contributed by atoms with Crippen molar-refractivity contribution in [2.24, 2.45) is 0 Å². The van der Waals surface area contributed by atoms with Crippen molar-refractivity contribution in [3.8, 4) is 11.3 Å². The molecule has 166 valence electrons. The third-order valence-electron chi connectivity index (χ3n) is 5.32. The molecule has 1 saturated heterocycles. The van der Waals surface area contributed by atoms with Crippen LogP contribution in [-0.2, 0) is 4.79 Å². The van der Waals surface area contributed by atoms with Gasteiger partial charge in [0, 0.05) is 48.6 Å². The van der Waals surface area contributed by atoms with Crippen molar-refractivity contribution < 1.29 is 9.59 Å². The summed E-state index contributed by atoms with van der Waals surface area (Å²) < 4.78 is 0. The normalized spacial score (nSPS) is 13.8. The number of carbonyl (C=O) groups is 2. The Morgan fingerprint density at radius 1 is 1.12 bits per heavy atom. The minimum atomic E-state index is -0.313. The Morgan fingerprint density at radius 3 is 2.59 bits per heavy atom. The number of pyridine rings is 1. The number of nitrogens with one attached hydrogen (secondary N) is 1. The molecule has 7 nitrogen and oxygen atoms in total. The van der Waals surface area contributed by atoms with E-state index < -0.39 is 0 Å². The highest BCUT2D eigenvalue weighted by Crippen LogP contribution is 2.30. The van der Waals surface area contributed by atoms with Crippen LogP contribution >= 0.6 is 22.9 Å². The number of halogens is 1. The van der Waals surface area contributed by atoms with Crippen LogP contribution in [0.15, 0.2) is 48.0 Å². The number of benzene rings is 1. The van der Waals surface area contributed by atoms with Gasteiger partial charge in [-0.1, -0.05) is 36.7 Å². The van der Waals surface area contributed by atoms with Crippen LogP contribution in [-0.4, -0.2) is 52.9 Å². The second kappa shape index (κ2) is 10.1. The van der Waals surface area contributed by atoms with Gasteiger partial charge in [0.25, 0.3) is 5.91 Å². The van der Waals surface area contributed by atoms with Crippen LogP contribution in [0.5, 0.6) is 0 Å². The molecule has 1 N–H and O–H groups in total. The number of thiazole rings is 1. The molecule has 2 aromatic heterocycles. The highest BCUT2D eigenvalue weighted by atomic mass is 35.5. The third-order valence-corrected chi connectivity index (χ3v) is 6.40. The number of hydrogen-bond acceptors (Lipinski definition) is 6. The summed E-state index contributed by atoms with van der Waals surface area (Å²) in [5, 5.41) is 5.77. The predicted molar refractivity (Wildman–Crippen MR) is 128 cm³/mol. The smallest absolute Gasteiger partial charge is 0.276 e. The molecule has 9 heteroatoms. The SMILES string of the molecule is CCCC(=O)N1CCN(c2ccc(C(=O)Nc3nc(-c4ccccc4Cl)cs3)nc2)CC1. The molecule has 0 bridgehead atoms. The van der Waals surface area contributed by atoms with Crippen LogP contribution < -0.4 is 10.2 Å². The first-order valence-corrected chi connectivity index (χ1v) is 11.8. The van der Waals surface area contributed by atoms with E-state index in [0.29, 0.717) is 35.4 Å². The summed E-state index contributed by atoms with van der Waals surface area (Å²) in [5.41, 5.74) is 2.81. The number of aromatic nitrogens is 2. The minimum absolute atomic E-state index is 0.220. The first-order chi connectivity index (χ1) is 15.5. The van der Waals surface area contributed by atoms with Crippen molar-refractivity contribution in [1.29, 1.82) is 0 Å². The van der Waals surface area contributed by atoms with E-state index in [0.717, 1.165) is 36.5 Å². The lowest BCUT2D eigenvalue weighted by atomic mass is 10.2. The number of rotatable bonds is 6. The van der Waals surface area contributed by atoms with Crippen LogP contribution in [0.4, 0.5) is 10.8 Å². The second-order valence-corrected chi connectivity index (χ2v) is 8.76. The zero-order valence-corrected chi connectivity index (χ0v) is 19.3. The maximum absolute atomic E-state index is 12.6. The molecule has 1 aromatic carbocycles. The molecule has 0 aliphatic carbocycles. The van der Waals surface area contributed by atoms with Crippen molar-refractivity contribution >= 4 is 45.6 Å². The van der Waals surface area contributed by atoms with Crippen LogP contribution in [0, 0.1) is 0 Å². The molecule has 1 fully saturated rings. The van der Waals surface area contributed by atoms with Crippen LogP contribution in [0.3, 0.4) is 0 Å². The van der Waals surface area contributed by atoms with E-state index >= 15 is 0 Å². The topological polar surface area (TPSA) is 78.4 Å². The first-order valence-electron chi connectivity index (χ1n) is 10.6. The molecule has 0 saturated carbocycles. The molecule has 0 atom stereocenters. The number of hydrogen-bond donors (Lipinski definition) is 1. The summed E-state index contributed by atoms with van der Waals surface area (Å²) >= 11 is 7.57. The van der Waals surface area contributed by atoms with Crippen molar-refractivity contribution in [1.82, 2.24) is 14.9 Å². The minimum Gasteiger partial charge on any atom is -0.367 e. The van der Waals surface area contributed by atoms with Crippen LogP contribution in [0.25, 0.3) is 11.3 Å². The van der Waals surface area contributed by atoms with E-state index in [4.69, 9.17) is 11.6 Å². The van der Waals surface area contributed by atoms with Crippen molar-refractivity contribution in [3.63, 3.8) is 0 Å². The number of piperazine rings is 1. The molecule has 3 heterocycles. The van der Waals surface area contributed by atoms with Crippen molar-refractivity contribution in [2.75, 3.05) is 36.4 Å². The van der Waals surface area contributed by atoms with Crippen LogP contribution in [0.1, 0.15) is 30.3 Å². The van der Waals surface area contributed by atoms with E-state index in [-0.39, 0.29) is 11.8 Å². The monoisotopic (exact) mass is 469 g/mol. The average Bonchev–Trinajstić information content (AvgIpc) is 3.28. The van der Waals surface area contributed by atoms with Gasteiger partial charge < -0.3 is 9.80 Å². The van der Waals surface area contributed by atoms with Gasteiger partial charge in [0.2, 0.25) is 5.91 Å². The van der Waals surface area contributed by atoms with Crippen molar-refractivity contribution in [3.05, 3.63) is 58.7 Å². The van der Waals surface area contributed by atoms with E-state index in [1.165, 1.54) is 11.3 Å².